The van der Waals surface area contributed by atoms with Crippen LogP contribution in [0.2, 0.25) is 0 Å². The summed E-state index contributed by atoms with van der Waals surface area (Å²) >= 11 is 0. The molecule has 0 saturated carbocycles. The molecule has 0 bridgehead atoms. The lowest BCUT2D eigenvalue weighted by atomic mass is 10.1. The predicted octanol–water partition coefficient (Wildman–Crippen LogP) is 2.74. The highest BCUT2D eigenvalue weighted by Gasteiger charge is 2.11. The Morgan fingerprint density at radius 3 is 2.74 bits per heavy atom. The summed E-state index contributed by atoms with van der Waals surface area (Å²) in [6.07, 6.45) is 2.77. The van der Waals surface area contributed by atoms with Crippen LogP contribution in [0.15, 0.2) is 18.2 Å². The lowest BCUT2D eigenvalue weighted by Gasteiger charge is -2.14. The maximum atomic E-state index is 13.6. The Morgan fingerprint density at radius 2 is 2.11 bits per heavy atom. The van der Waals surface area contributed by atoms with Crippen LogP contribution in [0.25, 0.3) is 0 Å². The zero-order valence-electron chi connectivity index (χ0n) is 11.4. The van der Waals surface area contributed by atoms with Gasteiger partial charge in [0.15, 0.2) is 0 Å². The van der Waals surface area contributed by atoms with Crippen LogP contribution in [0.3, 0.4) is 0 Å². The first-order valence-electron chi connectivity index (χ1n) is 6.99. The van der Waals surface area contributed by atoms with E-state index < -0.39 is 11.9 Å². The van der Waals surface area contributed by atoms with Gasteiger partial charge in [-0.3, -0.25) is 0 Å². The molecule has 1 heterocycles. The third kappa shape index (κ3) is 4.18. The second kappa shape index (κ2) is 6.87. The highest BCUT2D eigenvalue weighted by molar-refractivity contribution is 5.29. The van der Waals surface area contributed by atoms with Gasteiger partial charge in [-0.2, -0.15) is 0 Å². The Hall–Kier alpha value is -1.13. The minimum absolute atomic E-state index is 0.310. The lowest BCUT2D eigenvalue weighted by molar-refractivity contribution is 0.193. The SMILES string of the molecule is C[C@H](O)c1ccc(OCCCN2CCCC2)cc1F. The number of likely N-dealkylation sites (tertiary alicyclic amines) is 1. The van der Waals surface area contributed by atoms with Gasteiger partial charge in [-0.15, -0.1) is 0 Å². The molecule has 19 heavy (non-hydrogen) atoms. The molecule has 0 radical (unpaired) electrons. The van der Waals surface area contributed by atoms with Crippen molar-refractivity contribution in [2.24, 2.45) is 0 Å². The van der Waals surface area contributed by atoms with Crippen LogP contribution in [-0.2, 0) is 0 Å². The molecule has 0 aromatic heterocycles. The van der Waals surface area contributed by atoms with Crippen LogP contribution >= 0.6 is 0 Å². The summed E-state index contributed by atoms with van der Waals surface area (Å²) in [5.41, 5.74) is 0.310. The van der Waals surface area contributed by atoms with Gasteiger partial charge in [0.25, 0.3) is 0 Å². The molecule has 1 atom stereocenters. The first kappa shape index (κ1) is 14.3. The van der Waals surface area contributed by atoms with Gasteiger partial charge in [-0.25, -0.2) is 4.39 Å². The van der Waals surface area contributed by atoms with Crippen LogP contribution in [0.1, 0.15) is 37.9 Å². The quantitative estimate of drug-likeness (QED) is 0.804. The van der Waals surface area contributed by atoms with Crippen molar-refractivity contribution in [2.45, 2.75) is 32.3 Å². The maximum Gasteiger partial charge on any atom is 0.132 e. The summed E-state index contributed by atoms with van der Waals surface area (Å²) < 4.78 is 19.1. The van der Waals surface area contributed by atoms with Crippen LogP contribution in [-0.4, -0.2) is 36.2 Å². The number of ether oxygens (including phenoxy) is 1. The molecule has 1 aliphatic heterocycles. The second-order valence-corrected chi connectivity index (χ2v) is 5.11. The van der Waals surface area contributed by atoms with E-state index in [0.29, 0.717) is 17.9 Å². The molecule has 1 aromatic carbocycles. The zero-order valence-corrected chi connectivity index (χ0v) is 11.4. The molecule has 2 rings (SSSR count). The minimum Gasteiger partial charge on any atom is -0.493 e. The molecule has 1 fully saturated rings. The topological polar surface area (TPSA) is 32.7 Å². The summed E-state index contributed by atoms with van der Waals surface area (Å²) in [6.45, 7) is 5.59. The van der Waals surface area contributed by atoms with Crippen molar-refractivity contribution in [2.75, 3.05) is 26.2 Å². The fourth-order valence-corrected chi connectivity index (χ4v) is 2.42. The van der Waals surface area contributed by atoms with E-state index in [1.54, 1.807) is 19.1 Å². The van der Waals surface area contributed by atoms with Gasteiger partial charge >= 0.3 is 0 Å². The highest BCUT2D eigenvalue weighted by Crippen LogP contribution is 2.21. The van der Waals surface area contributed by atoms with Crippen molar-refractivity contribution in [1.82, 2.24) is 4.90 Å². The molecule has 0 aliphatic carbocycles. The summed E-state index contributed by atoms with van der Waals surface area (Å²) in [4.78, 5) is 2.43. The number of aliphatic hydroxyl groups excluding tert-OH is 1. The number of rotatable bonds is 6. The van der Waals surface area contributed by atoms with E-state index in [1.807, 2.05) is 0 Å². The summed E-state index contributed by atoms with van der Waals surface area (Å²) in [7, 11) is 0. The Balaban J connectivity index is 1.74. The van der Waals surface area contributed by atoms with Gasteiger partial charge in [-0.1, -0.05) is 0 Å². The number of hydrogen-bond donors (Lipinski definition) is 1. The van der Waals surface area contributed by atoms with E-state index in [4.69, 9.17) is 4.74 Å². The maximum absolute atomic E-state index is 13.6. The van der Waals surface area contributed by atoms with E-state index in [1.165, 1.54) is 32.0 Å². The lowest BCUT2D eigenvalue weighted by Crippen LogP contribution is -2.21. The Morgan fingerprint density at radius 1 is 1.37 bits per heavy atom. The van der Waals surface area contributed by atoms with Crippen molar-refractivity contribution in [3.05, 3.63) is 29.6 Å². The van der Waals surface area contributed by atoms with Crippen molar-refractivity contribution in [3.8, 4) is 5.75 Å². The average Bonchev–Trinajstić information content (AvgIpc) is 2.87. The molecule has 1 aromatic rings. The fourth-order valence-electron chi connectivity index (χ4n) is 2.42. The number of nitrogens with zero attached hydrogens (tertiary/aromatic N) is 1. The van der Waals surface area contributed by atoms with Gasteiger partial charge in [-0.05, 0) is 51.4 Å². The molecule has 0 unspecified atom stereocenters. The smallest absolute Gasteiger partial charge is 0.132 e. The van der Waals surface area contributed by atoms with Crippen LogP contribution < -0.4 is 4.74 Å². The van der Waals surface area contributed by atoms with E-state index in [-0.39, 0.29) is 0 Å². The van der Waals surface area contributed by atoms with Gasteiger partial charge in [0.1, 0.15) is 11.6 Å². The van der Waals surface area contributed by atoms with Crippen LogP contribution in [0.4, 0.5) is 4.39 Å². The average molecular weight is 267 g/mol. The molecule has 1 aliphatic rings. The second-order valence-electron chi connectivity index (χ2n) is 5.11. The van der Waals surface area contributed by atoms with Crippen LogP contribution in [0, 0.1) is 5.82 Å². The van der Waals surface area contributed by atoms with E-state index in [9.17, 15) is 9.50 Å². The Kier molecular flexibility index (Phi) is 5.16. The molecular weight excluding hydrogens is 245 g/mol. The normalized spacial score (nSPS) is 17.6. The van der Waals surface area contributed by atoms with Gasteiger partial charge in [0.2, 0.25) is 0 Å². The van der Waals surface area contributed by atoms with Gasteiger partial charge in [0, 0.05) is 18.2 Å². The number of aliphatic hydroxyl groups is 1. The third-order valence-corrected chi connectivity index (χ3v) is 3.51. The predicted molar refractivity (Wildman–Crippen MR) is 72.8 cm³/mol. The first-order chi connectivity index (χ1) is 9.16. The number of benzene rings is 1. The molecule has 106 valence electrons. The number of hydrogen-bond acceptors (Lipinski definition) is 3. The van der Waals surface area contributed by atoms with E-state index in [0.717, 1.165) is 13.0 Å². The molecule has 3 nitrogen and oxygen atoms in total. The van der Waals surface area contributed by atoms with E-state index in [2.05, 4.69) is 4.90 Å². The minimum atomic E-state index is -0.788. The molecular formula is C15H22FNO2. The monoisotopic (exact) mass is 267 g/mol. The number of halogens is 1. The summed E-state index contributed by atoms with van der Waals surface area (Å²) in [6, 6.07) is 4.63. The Labute approximate surface area is 114 Å². The zero-order chi connectivity index (χ0) is 13.7. The standard InChI is InChI=1S/C15H22FNO2/c1-12(18)14-6-5-13(11-15(14)16)19-10-4-9-17-7-2-3-8-17/h5-6,11-12,18H,2-4,7-10H2,1H3/t12-/m0/s1. The molecule has 1 saturated heterocycles. The molecule has 4 heteroatoms. The third-order valence-electron chi connectivity index (χ3n) is 3.51. The largest absolute Gasteiger partial charge is 0.493 e. The summed E-state index contributed by atoms with van der Waals surface area (Å²) in [5.74, 6) is 0.121. The van der Waals surface area contributed by atoms with E-state index >= 15 is 0 Å². The Bertz CT molecular complexity index is 403. The van der Waals surface area contributed by atoms with Crippen molar-refractivity contribution < 1.29 is 14.2 Å². The van der Waals surface area contributed by atoms with Gasteiger partial charge in [0.05, 0.1) is 12.7 Å². The first-order valence-corrected chi connectivity index (χ1v) is 6.99. The van der Waals surface area contributed by atoms with Crippen LogP contribution in [0.5, 0.6) is 5.75 Å². The molecule has 0 amide bonds. The molecule has 0 spiro atoms. The van der Waals surface area contributed by atoms with Gasteiger partial charge < -0.3 is 14.7 Å². The fraction of sp³-hybridized carbons (Fsp3) is 0.600. The highest BCUT2D eigenvalue weighted by atomic mass is 19.1. The summed E-state index contributed by atoms with van der Waals surface area (Å²) in [5, 5.41) is 9.34. The molecule has 1 N–H and O–H groups in total. The van der Waals surface area contributed by atoms with Crippen molar-refractivity contribution in [3.63, 3.8) is 0 Å². The van der Waals surface area contributed by atoms with Crippen molar-refractivity contribution in [1.29, 1.82) is 0 Å². The van der Waals surface area contributed by atoms with Crippen molar-refractivity contribution >= 4 is 0 Å².